The molecule has 2 aliphatic heterocycles. The standard InChI is InChI=1S/C15H21N3O/c16-14-6-7-17(10-14)11-15(19)18-8-5-12-3-1-2-4-13(12)9-18/h1-4,14H,5-11,16H2/t14-/m1/s1. The summed E-state index contributed by atoms with van der Waals surface area (Å²) in [4.78, 5) is 16.5. The van der Waals surface area contributed by atoms with Gasteiger partial charge in [-0.2, -0.15) is 0 Å². The molecule has 3 rings (SSSR count). The fraction of sp³-hybridized carbons (Fsp3) is 0.533. The van der Waals surface area contributed by atoms with Crippen molar-refractivity contribution in [1.29, 1.82) is 0 Å². The molecule has 0 spiro atoms. The largest absolute Gasteiger partial charge is 0.337 e. The monoisotopic (exact) mass is 259 g/mol. The van der Waals surface area contributed by atoms with Gasteiger partial charge in [-0.15, -0.1) is 0 Å². The number of hydrogen-bond donors (Lipinski definition) is 1. The molecule has 1 fully saturated rings. The van der Waals surface area contributed by atoms with Gasteiger partial charge < -0.3 is 10.6 Å². The highest BCUT2D eigenvalue weighted by Crippen LogP contribution is 2.19. The number of amides is 1. The molecule has 0 aliphatic carbocycles. The first-order valence-electron chi connectivity index (χ1n) is 7.05. The van der Waals surface area contributed by atoms with Gasteiger partial charge in [0.1, 0.15) is 0 Å². The lowest BCUT2D eigenvalue weighted by Crippen LogP contribution is -2.42. The minimum atomic E-state index is 0.239. The van der Waals surface area contributed by atoms with Crippen LogP contribution in [-0.2, 0) is 17.8 Å². The Kier molecular flexibility index (Phi) is 3.53. The molecule has 2 aliphatic rings. The van der Waals surface area contributed by atoms with Crippen LogP contribution in [0.5, 0.6) is 0 Å². The second-order valence-electron chi connectivity index (χ2n) is 5.62. The number of rotatable bonds is 2. The van der Waals surface area contributed by atoms with Gasteiger partial charge in [0.15, 0.2) is 0 Å². The van der Waals surface area contributed by atoms with Crippen molar-refractivity contribution in [1.82, 2.24) is 9.80 Å². The van der Waals surface area contributed by atoms with Gasteiger partial charge in [0, 0.05) is 32.2 Å². The third-order valence-electron chi connectivity index (χ3n) is 4.15. The van der Waals surface area contributed by atoms with Crippen molar-refractivity contribution in [3.8, 4) is 0 Å². The Balaban J connectivity index is 1.60. The highest BCUT2D eigenvalue weighted by atomic mass is 16.2. The number of carbonyl (C=O) groups excluding carboxylic acids is 1. The van der Waals surface area contributed by atoms with Crippen molar-refractivity contribution >= 4 is 5.91 Å². The molecular formula is C15H21N3O. The zero-order chi connectivity index (χ0) is 13.2. The van der Waals surface area contributed by atoms with E-state index in [4.69, 9.17) is 5.73 Å². The number of nitrogens with zero attached hydrogens (tertiary/aromatic N) is 2. The Labute approximate surface area is 114 Å². The maximum Gasteiger partial charge on any atom is 0.237 e. The maximum absolute atomic E-state index is 12.3. The Morgan fingerprint density at radius 1 is 1.26 bits per heavy atom. The highest BCUT2D eigenvalue weighted by Gasteiger charge is 2.25. The van der Waals surface area contributed by atoms with Crippen LogP contribution in [0.25, 0.3) is 0 Å². The summed E-state index contributed by atoms with van der Waals surface area (Å²) in [7, 11) is 0. The predicted octanol–water partition coefficient (Wildman–Crippen LogP) is 0.604. The molecule has 1 amide bonds. The molecule has 0 bridgehead atoms. The summed E-state index contributed by atoms with van der Waals surface area (Å²) in [5.74, 6) is 0.239. The van der Waals surface area contributed by atoms with E-state index < -0.39 is 0 Å². The van der Waals surface area contributed by atoms with Crippen LogP contribution in [0.4, 0.5) is 0 Å². The summed E-state index contributed by atoms with van der Waals surface area (Å²) in [5.41, 5.74) is 8.55. The van der Waals surface area contributed by atoms with Gasteiger partial charge >= 0.3 is 0 Å². The number of fused-ring (bicyclic) bond motifs is 1. The molecule has 102 valence electrons. The third-order valence-corrected chi connectivity index (χ3v) is 4.15. The van der Waals surface area contributed by atoms with Crippen molar-refractivity contribution in [2.24, 2.45) is 5.73 Å². The molecular weight excluding hydrogens is 238 g/mol. The zero-order valence-corrected chi connectivity index (χ0v) is 11.2. The van der Waals surface area contributed by atoms with E-state index >= 15 is 0 Å². The molecule has 1 atom stereocenters. The Bertz CT molecular complexity index is 474. The smallest absolute Gasteiger partial charge is 0.237 e. The van der Waals surface area contributed by atoms with E-state index in [-0.39, 0.29) is 11.9 Å². The Morgan fingerprint density at radius 3 is 2.79 bits per heavy atom. The second kappa shape index (κ2) is 5.31. The van der Waals surface area contributed by atoms with Gasteiger partial charge in [-0.1, -0.05) is 24.3 Å². The molecule has 4 nitrogen and oxygen atoms in total. The summed E-state index contributed by atoms with van der Waals surface area (Å²) >= 11 is 0. The lowest BCUT2D eigenvalue weighted by molar-refractivity contribution is -0.133. The molecule has 0 saturated carbocycles. The minimum absolute atomic E-state index is 0.239. The maximum atomic E-state index is 12.3. The summed E-state index contributed by atoms with van der Waals surface area (Å²) in [6.07, 6.45) is 1.98. The van der Waals surface area contributed by atoms with Gasteiger partial charge in [-0.25, -0.2) is 0 Å². The average molecular weight is 259 g/mol. The Morgan fingerprint density at radius 2 is 2.05 bits per heavy atom. The van der Waals surface area contributed by atoms with E-state index in [1.54, 1.807) is 0 Å². The number of benzene rings is 1. The Hall–Kier alpha value is -1.39. The van der Waals surface area contributed by atoms with Crippen LogP contribution in [-0.4, -0.2) is 47.9 Å². The average Bonchev–Trinajstić information content (AvgIpc) is 2.83. The van der Waals surface area contributed by atoms with E-state index in [2.05, 4.69) is 23.1 Å². The van der Waals surface area contributed by atoms with Gasteiger partial charge in [-0.05, 0) is 24.0 Å². The number of carbonyl (C=O) groups is 1. The summed E-state index contributed by atoms with van der Waals surface area (Å²) < 4.78 is 0. The molecule has 4 heteroatoms. The zero-order valence-electron chi connectivity index (χ0n) is 11.2. The molecule has 0 unspecified atom stereocenters. The quantitative estimate of drug-likeness (QED) is 0.846. The van der Waals surface area contributed by atoms with Crippen molar-refractivity contribution < 1.29 is 4.79 Å². The van der Waals surface area contributed by atoms with Crippen molar-refractivity contribution in [3.63, 3.8) is 0 Å². The molecule has 1 saturated heterocycles. The van der Waals surface area contributed by atoms with E-state index in [0.29, 0.717) is 6.54 Å². The van der Waals surface area contributed by atoms with Gasteiger partial charge in [-0.3, -0.25) is 9.69 Å². The molecule has 1 aromatic carbocycles. The van der Waals surface area contributed by atoms with E-state index in [0.717, 1.165) is 39.0 Å². The molecule has 0 radical (unpaired) electrons. The SMILES string of the molecule is N[C@@H]1CCN(CC(=O)N2CCc3ccccc3C2)C1. The van der Waals surface area contributed by atoms with Crippen LogP contribution >= 0.6 is 0 Å². The lowest BCUT2D eigenvalue weighted by atomic mass is 10.00. The highest BCUT2D eigenvalue weighted by molar-refractivity contribution is 5.78. The number of likely N-dealkylation sites (tertiary alicyclic amines) is 1. The van der Waals surface area contributed by atoms with Crippen molar-refractivity contribution in [3.05, 3.63) is 35.4 Å². The van der Waals surface area contributed by atoms with Crippen LogP contribution < -0.4 is 5.73 Å². The van der Waals surface area contributed by atoms with Gasteiger partial charge in [0.05, 0.1) is 6.54 Å². The van der Waals surface area contributed by atoms with Gasteiger partial charge in [0.25, 0.3) is 0 Å². The molecule has 2 N–H and O–H groups in total. The van der Waals surface area contributed by atoms with Crippen LogP contribution in [0, 0.1) is 0 Å². The second-order valence-corrected chi connectivity index (χ2v) is 5.62. The molecule has 19 heavy (non-hydrogen) atoms. The summed E-state index contributed by atoms with van der Waals surface area (Å²) in [5, 5.41) is 0. The van der Waals surface area contributed by atoms with Gasteiger partial charge in [0.2, 0.25) is 5.91 Å². The fourth-order valence-corrected chi connectivity index (χ4v) is 3.01. The van der Waals surface area contributed by atoms with Crippen LogP contribution in [0.3, 0.4) is 0 Å². The number of nitrogens with two attached hydrogens (primary N) is 1. The topological polar surface area (TPSA) is 49.6 Å². The molecule has 1 aromatic rings. The third kappa shape index (κ3) is 2.80. The number of hydrogen-bond acceptors (Lipinski definition) is 3. The first kappa shape index (κ1) is 12.6. The van der Waals surface area contributed by atoms with E-state index in [1.807, 2.05) is 11.0 Å². The van der Waals surface area contributed by atoms with Crippen molar-refractivity contribution in [2.75, 3.05) is 26.2 Å². The lowest BCUT2D eigenvalue weighted by Gasteiger charge is -2.30. The fourth-order valence-electron chi connectivity index (χ4n) is 3.01. The first-order valence-corrected chi connectivity index (χ1v) is 7.05. The van der Waals surface area contributed by atoms with E-state index in [9.17, 15) is 4.79 Å². The first-order chi connectivity index (χ1) is 9.22. The summed E-state index contributed by atoms with van der Waals surface area (Å²) in [6, 6.07) is 8.65. The minimum Gasteiger partial charge on any atom is -0.337 e. The van der Waals surface area contributed by atoms with Crippen LogP contribution in [0.1, 0.15) is 17.5 Å². The van der Waals surface area contributed by atoms with Crippen LogP contribution in [0.2, 0.25) is 0 Å². The van der Waals surface area contributed by atoms with Crippen LogP contribution in [0.15, 0.2) is 24.3 Å². The normalized spacial score (nSPS) is 23.4. The molecule has 2 heterocycles. The predicted molar refractivity (Wildman–Crippen MR) is 74.6 cm³/mol. The van der Waals surface area contributed by atoms with Crippen molar-refractivity contribution in [2.45, 2.75) is 25.4 Å². The van der Waals surface area contributed by atoms with E-state index in [1.165, 1.54) is 11.1 Å². The summed E-state index contributed by atoms with van der Waals surface area (Å²) in [6.45, 7) is 3.94. The molecule has 0 aromatic heterocycles.